The van der Waals surface area contributed by atoms with Crippen LogP contribution in [0.1, 0.15) is 5.56 Å². The average Bonchev–Trinajstić information content (AvgIpc) is 2.75. The molecule has 0 unspecified atom stereocenters. The molecule has 0 aliphatic heterocycles. The van der Waals surface area contributed by atoms with Crippen molar-refractivity contribution in [3.63, 3.8) is 0 Å². The topological polar surface area (TPSA) is 111 Å². The number of pyridine rings is 1. The summed E-state index contributed by atoms with van der Waals surface area (Å²) in [6.45, 7) is 1.88. The zero-order valence-corrected chi connectivity index (χ0v) is 17.2. The first-order valence-electron chi connectivity index (χ1n) is 9.22. The van der Waals surface area contributed by atoms with Crippen molar-refractivity contribution < 1.29 is 18.1 Å². The highest BCUT2D eigenvalue weighted by atomic mass is 32.2. The van der Waals surface area contributed by atoms with E-state index in [0.717, 1.165) is 5.56 Å². The van der Waals surface area contributed by atoms with E-state index in [2.05, 4.69) is 9.71 Å². The highest BCUT2D eigenvalue weighted by molar-refractivity contribution is 7.92. The van der Waals surface area contributed by atoms with Gasteiger partial charge in [0.1, 0.15) is 11.5 Å². The third-order valence-corrected chi connectivity index (χ3v) is 6.01. The van der Waals surface area contributed by atoms with Crippen LogP contribution < -0.4 is 9.46 Å². The summed E-state index contributed by atoms with van der Waals surface area (Å²) in [5.74, 6) is 0.876. The fourth-order valence-corrected chi connectivity index (χ4v) is 4.10. The van der Waals surface area contributed by atoms with Gasteiger partial charge in [-0.05, 0) is 55.5 Å². The standard InChI is InChI=1S/C22H17N3O5S/c1-15-2-8-18(9-3-15)31(28,29)24-16-4-6-17(7-5-16)30-22-11-10-21(25(26)27)20-14-23-13-12-19(20)22/h2-14,24H,1H3. The molecule has 0 radical (unpaired) electrons. The fourth-order valence-electron chi connectivity index (χ4n) is 3.05. The average molecular weight is 435 g/mol. The molecule has 0 amide bonds. The van der Waals surface area contributed by atoms with E-state index in [1.54, 1.807) is 54.6 Å². The van der Waals surface area contributed by atoms with Gasteiger partial charge in [0.2, 0.25) is 0 Å². The predicted molar refractivity (Wildman–Crippen MR) is 117 cm³/mol. The first-order valence-corrected chi connectivity index (χ1v) is 10.7. The van der Waals surface area contributed by atoms with Gasteiger partial charge in [-0.25, -0.2) is 8.42 Å². The lowest BCUT2D eigenvalue weighted by atomic mass is 10.1. The maximum Gasteiger partial charge on any atom is 0.279 e. The van der Waals surface area contributed by atoms with Gasteiger partial charge in [0.05, 0.1) is 15.2 Å². The Morgan fingerprint density at radius 1 is 0.935 bits per heavy atom. The second-order valence-electron chi connectivity index (χ2n) is 6.81. The quantitative estimate of drug-likeness (QED) is 0.335. The van der Waals surface area contributed by atoms with Crippen molar-refractivity contribution in [2.24, 2.45) is 0 Å². The Morgan fingerprint density at radius 2 is 1.65 bits per heavy atom. The Balaban J connectivity index is 1.56. The number of nitro benzene ring substituents is 1. The monoisotopic (exact) mass is 435 g/mol. The molecule has 0 spiro atoms. The zero-order chi connectivity index (χ0) is 22.0. The molecular formula is C22H17N3O5S. The highest BCUT2D eigenvalue weighted by Gasteiger charge is 2.16. The Morgan fingerprint density at radius 3 is 2.32 bits per heavy atom. The van der Waals surface area contributed by atoms with Crippen LogP contribution in [0.3, 0.4) is 0 Å². The van der Waals surface area contributed by atoms with Gasteiger partial charge in [-0.3, -0.25) is 19.8 Å². The molecule has 1 aromatic heterocycles. The molecule has 0 saturated carbocycles. The number of anilines is 1. The van der Waals surface area contributed by atoms with E-state index in [4.69, 9.17) is 4.74 Å². The summed E-state index contributed by atoms with van der Waals surface area (Å²) in [5.41, 5.74) is 1.29. The molecule has 156 valence electrons. The minimum atomic E-state index is -3.71. The second-order valence-corrected chi connectivity index (χ2v) is 8.49. The van der Waals surface area contributed by atoms with E-state index in [1.807, 2.05) is 6.92 Å². The maximum atomic E-state index is 12.5. The van der Waals surface area contributed by atoms with Crippen LogP contribution in [0.4, 0.5) is 11.4 Å². The van der Waals surface area contributed by atoms with Crippen LogP contribution in [0.25, 0.3) is 10.8 Å². The number of nitrogens with zero attached hydrogens (tertiary/aromatic N) is 2. The van der Waals surface area contributed by atoms with Gasteiger partial charge < -0.3 is 4.74 Å². The van der Waals surface area contributed by atoms with E-state index < -0.39 is 14.9 Å². The number of sulfonamides is 1. The molecule has 9 heteroatoms. The number of hydrogen-bond donors (Lipinski definition) is 1. The van der Waals surface area contributed by atoms with Gasteiger partial charge in [-0.1, -0.05) is 17.7 Å². The van der Waals surface area contributed by atoms with Crippen molar-refractivity contribution >= 4 is 32.2 Å². The summed E-state index contributed by atoms with van der Waals surface area (Å²) in [6.07, 6.45) is 2.95. The van der Waals surface area contributed by atoms with Crippen LogP contribution in [0, 0.1) is 17.0 Å². The lowest BCUT2D eigenvalue weighted by Crippen LogP contribution is -2.12. The summed E-state index contributed by atoms with van der Waals surface area (Å²) in [5, 5.41) is 12.2. The number of non-ortho nitro benzene ring substituents is 1. The van der Waals surface area contributed by atoms with E-state index >= 15 is 0 Å². The van der Waals surface area contributed by atoms with Gasteiger partial charge in [0, 0.05) is 29.5 Å². The normalized spacial score (nSPS) is 11.3. The third-order valence-electron chi connectivity index (χ3n) is 4.62. The first kappa shape index (κ1) is 20.3. The van der Waals surface area contributed by atoms with E-state index in [1.165, 1.54) is 24.5 Å². The summed E-state index contributed by atoms with van der Waals surface area (Å²) in [6, 6.07) is 17.5. The Hall–Kier alpha value is -3.98. The Labute approximate surface area is 178 Å². The fraction of sp³-hybridized carbons (Fsp3) is 0.0455. The summed E-state index contributed by atoms with van der Waals surface area (Å²) >= 11 is 0. The van der Waals surface area contributed by atoms with E-state index in [9.17, 15) is 18.5 Å². The molecule has 0 saturated heterocycles. The van der Waals surface area contributed by atoms with Gasteiger partial charge in [-0.15, -0.1) is 0 Å². The first-order chi connectivity index (χ1) is 14.8. The van der Waals surface area contributed by atoms with Crippen molar-refractivity contribution in [1.29, 1.82) is 0 Å². The van der Waals surface area contributed by atoms with Gasteiger partial charge in [0.15, 0.2) is 0 Å². The Bertz CT molecular complexity index is 1370. The number of nitrogens with one attached hydrogen (secondary N) is 1. The predicted octanol–water partition coefficient (Wildman–Crippen LogP) is 5.04. The van der Waals surface area contributed by atoms with Crippen molar-refractivity contribution in [3.05, 3.63) is 94.8 Å². The van der Waals surface area contributed by atoms with E-state index in [0.29, 0.717) is 28.0 Å². The molecule has 0 aliphatic rings. The lowest BCUT2D eigenvalue weighted by molar-refractivity contribution is -0.383. The number of benzene rings is 3. The second kappa shape index (κ2) is 8.04. The Kier molecular flexibility index (Phi) is 5.26. The molecule has 0 bridgehead atoms. The van der Waals surface area contributed by atoms with E-state index in [-0.39, 0.29) is 10.6 Å². The zero-order valence-electron chi connectivity index (χ0n) is 16.3. The summed E-state index contributed by atoms with van der Waals surface area (Å²) in [7, 11) is -3.71. The molecule has 0 aliphatic carbocycles. The van der Waals surface area contributed by atoms with Crippen LogP contribution >= 0.6 is 0 Å². The van der Waals surface area contributed by atoms with Gasteiger partial charge >= 0.3 is 0 Å². The van der Waals surface area contributed by atoms with Crippen molar-refractivity contribution in [1.82, 2.24) is 4.98 Å². The largest absolute Gasteiger partial charge is 0.457 e. The molecule has 31 heavy (non-hydrogen) atoms. The molecular weight excluding hydrogens is 418 g/mol. The maximum absolute atomic E-state index is 12.5. The number of rotatable bonds is 6. The minimum absolute atomic E-state index is 0.0590. The third kappa shape index (κ3) is 4.31. The smallest absolute Gasteiger partial charge is 0.279 e. The number of nitro groups is 1. The minimum Gasteiger partial charge on any atom is -0.457 e. The van der Waals surface area contributed by atoms with Crippen molar-refractivity contribution in [2.75, 3.05) is 4.72 Å². The van der Waals surface area contributed by atoms with Gasteiger partial charge in [0.25, 0.3) is 15.7 Å². The molecule has 8 nitrogen and oxygen atoms in total. The highest BCUT2D eigenvalue weighted by Crippen LogP contribution is 2.35. The molecule has 0 atom stereocenters. The number of ether oxygens (including phenoxy) is 1. The number of fused-ring (bicyclic) bond motifs is 1. The SMILES string of the molecule is Cc1ccc(S(=O)(=O)Nc2ccc(Oc3ccc([N+](=O)[O-])c4cnccc34)cc2)cc1. The molecule has 4 rings (SSSR count). The van der Waals surface area contributed by atoms with Crippen LogP contribution in [0.5, 0.6) is 11.5 Å². The van der Waals surface area contributed by atoms with Crippen molar-refractivity contribution in [2.45, 2.75) is 11.8 Å². The number of aromatic nitrogens is 1. The summed E-state index contributed by atoms with van der Waals surface area (Å²) < 4.78 is 33.4. The van der Waals surface area contributed by atoms with Crippen LogP contribution in [-0.2, 0) is 10.0 Å². The molecule has 4 aromatic rings. The van der Waals surface area contributed by atoms with Gasteiger partial charge in [-0.2, -0.15) is 0 Å². The van der Waals surface area contributed by atoms with Crippen LogP contribution in [0.15, 0.2) is 84.0 Å². The van der Waals surface area contributed by atoms with Crippen LogP contribution in [0.2, 0.25) is 0 Å². The molecule has 0 fully saturated rings. The molecule has 3 aromatic carbocycles. The van der Waals surface area contributed by atoms with Crippen molar-refractivity contribution in [3.8, 4) is 11.5 Å². The summed E-state index contributed by atoms with van der Waals surface area (Å²) in [4.78, 5) is 14.9. The molecule has 1 N–H and O–H groups in total. The van der Waals surface area contributed by atoms with Crippen LogP contribution in [-0.4, -0.2) is 18.3 Å². The number of aryl methyl sites for hydroxylation is 1. The number of hydrogen-bond acceptors (Lipinski definition) is 6. The lowest BCUT2D eigenvalue weighted by Gasteiger charge is -2.11. The molecule has 1 heterocycles.